The van der Waals surface area contributed by atoms with Gasteiger partial charge in [0.05, 0.1) is 17.9 Å². The maximum absolute atomic E-state index is 15.4. The van der Waals surface area contributed by atoms with Gasteiger partial charge in [0.1, 0.15) is 35.0 Å². The van der Waals surface area contributed by atoms with Crippen molar-refractivity contribution in [2.75, 3.05) is 13.2 Å². The molecule has 58 heavy (non-hydrogen) atoms. The highest BCUT2D eigenvalue weighted by atomic mass is 32.2. The number of carbonyl (C=O) groups excluding carboxylic acids is 3. The number of pyridine rings is 1. The molecule has 4 amide bonds. The molecule has 2 aliphatic carbocycles. The second kappa shape index (κ2) is 14.6. The topological polar surface area (TPSA) is 185 Å². The van der Waals surface area contributed by atoms with E-state index in [0.717, 1.165) is 36.1 Å². The van der Waals surface area contributed by atoms with Gasteiger partial charge in [0, 0.05) is 42.7 Å². The Kier molecular flexibility index (Phi) is 10.5. The number of fused-ring (bicyclic) bond motifs is 5. The second-order valence-corrected chi connectivity index (χ2v) is 20.1. The summed E-state index contributed by atoms with van der Waals surface area (Å²) in [5.41, 5.74) is -2.99. The number of ether oxygens (including phenoxy) is 2. The summed E-state index contributed by atoms with van der Waals surface area (Å²) in [5.74, 6) is -6.66. The molecule has 1 aromatic heterocycles. The zero-order valence-corrected chi connectivity index (χ0v) is 34.5. The number of carboxylic acid groups (broad SMARTS) is 1. The third-order valence-electron chi connectivity index (χ3n) is 13.2. The van der Waals surface area contributed by atoms with Crippen molar-refractivity contribution in [1.82, 2.24) is 24.8 Å². The molecule has 316 valence electrons. The van der Waals surface area contributed by atoms with Gasteiger partial charge in [0.15, 0.2) is 0 Å². The Balaban J connectivity index is 1.29. The molecule has 2 aromatic rings. The molecule has 0 bridgehead atoms. The number of hydrogen-bond donors (Lipinski definition) is 3. The highest BCUT2D eigenvalue weighted by Crippen LogP contribution is 2.48. The molecule has 4 heterocycles. The number of rotatable bonds is 8. The van der Waals surface area contributed by atoms with E-state index in [-0.39, 0.29) is 31.2 Å². The first-order valence-electron chi connectivity index (χ1n) is 20.1. The lowest BCUT2D eigenvalue weighted by molar-refractivity contribution is -0.156. The molecule has 14 nitrogen and oxygen atoms in total. The average molecular weight is 830 g/mol. The van der Waals surface area contributed by atoms with E-state index in [1.165, 1.54) is 0 Å². The molecule has 17 heteroatoms. The summed E-state index contributed by atoms with van der Waals surface area (Å²) in [7, 11) is -4.08. The van der Waals surface area contributed by atoms with Crippen LogP contribution < -0.4 is 19.5 Å². The molecular formula is C41H53F2N5O9S. The van der Waals surface area contributed by atoms with E-state index in [1.807, 2.05) is 25.1 Å². The van der Waals surface area contributed by atoms with Crippen LogP contribution in [0.2, 0.25) is 0 Å². The Morgan fingerprint density at radius 2 is 1.84 bits per heavy atom. The Morgan fingerprint density at radius 1 is 1.12 bits per heavy atom. The molecule has 7 atom stereocenters. The van der Waals surface area contributed by atoms with E-state index >= 15 is 13.6 Å². The van der Waals surface area contributed by atoms with Gasteiger partial charge in [-0.15, -0.1) is 0 Å². The van der Waals surface area contributed by atoms with Gasteiger partial charge in [-0.1, -0.05) is 32.1 Å². The average Bonchev–Trinajstić information content (AvgIpc) is 3.91. The molecule has 1 aromatic carbocycles. The summed E-state index contributed by atoms with van der Waals surface area (Å²) in [5, 5.41) is 14.8. The number of alkyl halides is 2. The van der Waals surface area contributed by atoms with E-state index < -0.39 is 85.6 Å². The number of nitrogens with zero attached hydrogens (tertiary/aromatic N) is 3. The molecule has 1 saturated heterocycles. The molecule has 2 saturated carbocycles. The number of allylic oxidation sites excluding steroid dienone is 1. The molecule has 5 aliphatic rings. The third kappa shape index (κ3) is 7.36. The summed E-state index contributed by atoms with van der Waals surface area (Å²) in [6, 6.07) is 2.55. The van der Waals surface area contributed by atoms with E-state index in [9.17, 15) is 27.9 Å². The lowest BCUT2D eigenvalue weighted by Gasteiger charge is -2.47. The second-order valence-electron chi connectivity index (χ2n) is 17.9. The number of halogens is 2. The van der Waals surface area contributed by atoms with Crippen LogP contribution in [0.3, 0.4) is 0 Å². The summed E-state index contributed by atoms with van der Waals surface area (Å²) >= 11 is 0. The first kappa shape index (κ1) is 41.6. The monoisotopic (exact) mass is 829 g/mol. The smallest absolute Gasteiger partial charge is 0.408 e. The molecular weight excluding hydrogens is 777 g/mol. The van der Waals surface area contributed by atoms with E-state index in [0.29, 0.717) is 61.7 Å². The number of benzene rings is 1. The number of carbonyl (C=O) groups is 4. The molecule has 3 fully saturated rings. The zero-order valence-electron chi connectivity index (χ0n) is 33.7. The minimum atomic E-state index is -4.08. The summed E-state index contributed by atoms with van der Waals surface area (Å²) in [6.07, 6.45) is 5.46. The number of sulfonamides is 1. The molecule has 3 aliphatic heterocycles. The van der Waals surface area contributed by atoms with Crippen molar-refractivity contribution < 1.29 is 51.0 Å². The van der Waals surface area contributed by atoms with Crippen molar-refractivity contribution in [3.05, 3.63) is 42.1 Å². The third-order valence-corrected chi connectivity index (χ3v) is 15.4. The van der Waals surface area contributed by atoms with E-state index in [2.05, 4.69) is 15.0 Å². The van der Waals surface area contributed by atoms with Crippen molar-refractivity contribution in [2.24, 2.45) is 17.8 Å². The van der Waals surface area contributed by atoms with Crippen LogP contribution >= 0.6 is 0 Å². The van der Waals surface area contributed by atoms with Crippen LogP contribution in [-0.2, 0) is 30.8 Å². The van der Waals surface area contributed by atoms with E-state index in [1.54, 1.807) is 32.2 Å². The quantitative estimate of drug-likeness (QED) is 0.300. The first-order valence-corrected chi connectivity index (χ1v) is 21.5. The molecule has 0 radical (unpaired) electrons. The van der Waals surface area contributed by atoms with Gasteiger partial charge in [-0.25, -0.2) is 27.0 Å². The van der Waals surface area contributed by atoms with Crippen LogP contribution in [0, 0.1) is 17.8 Å². The molecule has 3 N–H and O–H groups in total. The first-order chi connectivity index (χ1) is 27.1. The predicted octanol–water partition coefficient (Wildman–Crippen LogP) is 5.19. The van der Waals surface area contributed by atoms with Crippen molar-refractivity contribution in [3.63, 3.8) is 0 Å². The van der Waals surface area contributed by atoms with E-state index in [4.69, 9.17) is 9.47 Å². The number of nitrogens with one attached hydrogen (secondary N) is 2. The Bertz CT molecular complexity index is 2160. The lowest BCUT2D eigenvalue weighted by Crippen LogP contribution is -2.66. The van der Waals surface area contributed by atoms with Crippen LogP contribution in [0.5, 0.6) is 11.6 Å². The molecule has 0 spiro atoms. The van der Waals surface area contributed by atoms with Crippen LogP contribution in [-0.4, -0.2) is 105 Å². The normalized spacial score (nSPS) is 30.4. The number of aromatic nitrogens is 1. The molecule has 7 rings (SSSR count). The highest BCUT2D eigenvalue weighted by molar-refractivity contribution is 7.91. The van der Waals surface area contributed by atoms with Gasteiger partial charge in [-0.05, 0) is 88.8 Å². The van der Waals surface area contributed by atoms with Crippen molar-refractivity contribution in [2.45, 2.75) is 133 Å². The Hall–Kier alpha value is -4.54. The summed E-state index contributed by atoms with van der Waals surface area (Å²) in [4.78, 5) is 63.0. The van der Waals surface area contributed by atoms with Gasteiger partial charge >= 0.3 is 6.09 Å². The van der Waals surface area contributed by atoms with Gasteiger partial charge in [-0.3, -0.25) is 24.0 Å². The van der Waals surface area contributed by atoms with Crippen molar-refractivity contribution in [3.8, 4) is 11.6 Å². The standard InChI is InChI=1S/C41H53F2N5O9S/c1-23-9-7-8-10-26-21-41(26,36(51)46-58(54,55)39(5)15-16-39)45-33(49)30-20-27(57-34-29-12-11-25-14-18-56-32(25)28(29)13-17-44-34)22-47(30)35(50)31(24(2)19-23)48(37(52)53)38(3,4)40(6,42)43/h8,10-13,17,23-24,26-27,30-31H,7,9,14-16,18-22H2,1-6H3,(H,45,49)(H,46,51)(H,52,53)/b10-8-/t23-,24-,26-,27-,30+,31+,41-/m1/s1. The van der Waals surface area contributed by atoms with Crippen LogP contribution in [0.1, 0.15) is 92.1 Å². The summed E-state index contributed by atoms with van der Waals surface area (Å²) < 4.78 is 70.7. The minimum Gasteiger partial charge on any atom is -0.492 e. The zero-order chi connectivity index (χ0) is 42.2. The summed E-state index contributed by atoms with van der Waals surface area (Å²) in [6.45, 7) is 8.15. The van der Waals surface area contributed by atoms with Crippen LogP contribution in [0.4, 0.5) is 13.6 Å². The van der Waals surface area contributed by atoms with Crippen LogP contribution in [0.15, 0.2) is 36.5 Å². The predicted molar refractivity (Wildman–Crippen MR) is 209 cm³/mol. The minimum absolute atomic E-state index is 0.0919. The van der Waals surface area contributed by atoms with Gasteiger partial charge in [0.2, 0.25) is 27.7 Å². The highest BCUT2D eigenvalue weighted by Gasteiger charge is 2.63. The number of amides is 4. The lowest BCUT2D eigenvalue weighted by atomic mass is 9.84. The molecule has 0 unspecified atom stereocenters. The van der Waals surface area contributed by atoms with Gasteiger partial charge < -0.3 is 24.8 Å². The van der Waals surface area contributed by atoms with Crippen LogP contribution in [0.25, 0.3) is 10.8 Å². The maximum atomic E-state index is 15.4. The Morgan fingerprint density at radius 3 is 2.52 bits per heavy atom. The fourth-order valence-corrected chi connectivity index (χ4v) is 10.1. The fourth-order valence-electron chi connectivity index (χ4n) is 8.79. The van der Waals surface area contributed by atoms with Gasteiger partial charge in [-0.2, -0.15) is 0 Å². The van der Waals surface area contributed by atoms with Crippen molar-refractivity contribution >= 4 is 44.6 Å². The maximum Gasteiger partial charge on any atom is 0.408 e. The SMILES string of the molecule is C[C@@H]1CC/C=C\[C@@H]2C[C@@]2(C(=O)NS(=O)(=O)C2(C)CC2)NC(=O)[C@@H]2C[C@@H](Oc3nccc4c5c(ccc34)CCO5)CN2C(=O)[C@@H](N(C(=O)O)C(C)(C)C(C)(F)F)[C@H](C)C1. The largest absolute Gasteiger partial charge is 0.492 e. The fraction of sp³-hybridized carbons (Fsp3) is 0.634. The van der Waals surface area contributed by atoms with Crippen molar-refractivity contribution in [1.29, 1.82) is 0 Å². The van der Waals surface area contributed by atoms with Gasteiger partial charge in [0.25, 0.3) is 11.8 Å². The number of hydrogen-bond acceptors (Lipinski definition) is 9. The Labute approximate surface area is 337 Å².